The lowest BCUT2D eigenvalue weighted by Gasteiger charge is -2.28. The van der Waals surface area contributed by atoms with Gasteiger partial charge in [-0.2, -0.15) is 0 Å². The molecule has 0 unspecified atom stereocenters. The first-order valence-electron chi connectivity index (χ1n) is 12.4. The van der Waals surface area contributed by atoms with E-state index >= 15 is 0 Å². The smallest absolute Gasteiger partial charge is 0.303 e. The quantitative estimate of drug-likeness (QED) is 0.325. The largest absolute Gasteiger partial charge is 0.481 e. The number of benzene rings is 2. The van der Waals surface area contributed by atoms with Crippen molar-refractivity contribution in [2.24, 2.45) is 5.92 Å². The molecule has 3 aromatic rings. The van der Waals surface area contributed by atoms with E-state index in [0.717, 1.165) is 25.7 Å². The normalized spacial score (nSPS) is 17.2. The van der Waals surface area contributed by atoms with E-state index in [0.29, 0.717) is 28.0 Å². The van der Waals surface area contributed by atoms with E-state index in [1.165, 1.54) is 5.56 Å². The first-order valence-corrected chi connectivity index (χ1v) is 12.8. The van der Waals surface area contributed by atoms with Crippen LogP contribution in [0.5, 0.6) is 0 Å². The molecule has 0 spiro atoms. The van der Waals surface area contributed by atoms with Crippen LogP contribution in [0.1, 0.15) is 66.3 Å². The van der Waals surface area contributed by atoms with Gasteiger partial charge in [0.2, 0.25) is 11.8 Å². The fraction of sp³-hybridized carbons (Fsp3) is 0.357. The van der Waals surface area contributed by atoms with Crippen LogP contribution in [0, 0.1) is 12.8 Å². The van der Waals surface area contributed by atoms with Crippen molar-refractivity contribution in [2.45, 2.75) is 51.4 Å². The number of nitrogens with zero attached hydrogens (tertiary/aromatic N) is 1. The lowest BCUT2D eigenvalue weighted by Crippen LogP contribution is -2.28. The number of hydrogen-bond donors (Lipinski definition) is 3. The van der Waals surface area contributed by atoms with Crippen molar-refractivity contribution >= 4 is 35.1 Å². The van der Waals surface area contributed by atoms with Crippen molar-refractivity contribution in [3.63, 3.8) is 0 Å². The Hall–Kier alpha value is -3.65. The average molecular weight is 524 g/mol. The summed E-state index contributed by atoms with van der Waals surface area (Å²) in [5, 5.41) is 15.0. The SMILES string of the molecule is Cc1oc(-c2ccccc2Cl)nc1C(=O)NCCC(=O)Nc1ccc([C@H]2CC[C@H](CC(=O)O)CC2)cc1. The van der Waals surface area contributed by atoms with Crippen LogP contribution in [0.2, 0.25) is 5.02 Å². The van der Waals surface area contributed by atoms with Crippen LogP contribution >= 0.6 is 11.6 Å². The number of carboxylic acids is 1. The Morgan fingerprint density at radius 3 is 2.43 bits per heavy atom. The molecule has 0 radical (unpaired) electrons. The van der Waals surface area contributed by atoms with Gasteiger partial charge in [0.25, 0.3) is 5.91 Å². The topological polar surface area (TPSA) is 122 Å². The number of hydrogen-bond acceptors (Lipinski definition) is 5. The second-order valence-electron chi connectivity index (χ2n) is 9.40. The van der Waals surface area contributed by atoms with Gasteiger partial charge in [0.05, 0.1) is 10.6 Å². The minimum Gasteiger partial charge on any atom is -0.481 e. The molecule has 0 saturated heterocycles. The van der Waals surface area contributed by atoms with Crippen LogP contribution in [0.25, 0.3) is 11.5 Å². The third-order valence-corrected chi connectivity index (χ3v) is 7.06. The first kappa shape index (κ1) is 26.4. The van der Waals surface area contributed by atoms with Gasteiger partial charge in [-0.25, -0.2) is 4.98 Å². The molecular weight excluding hydrogens is 494 g/mol. The van der Waals surface area contributed by atoms with Crippen molar-refractivity contribution in [1.29, 1.82) is 0 Å². The lowest BCUT2D eigenvalue weighted by atomic mass is 9.77. The van der Waals surface area contributed by atoms with E-state index in [9.17, 15) is 14.4 Å². The molecule has 1 saturated carbocycles. The zero-order valence-corrected chi connectivity index (χ0v) is 21.4. The molecule has 0 bridgehead atoms. The predicted octanol–water partition coefficient (Wildman–Crippen LogP) is 5.81. The van der Waals surface area contributed by atoms with Gasteiger partial charge in [-0.3, -0.25) is 14.4 Å². The molecule has 1 aliphatic carbocycles. The number of aliphatic carboxylic acids is 1. The van der Waals surface area contributed by atoms with E-state index < -0.39 is 11.9 Å². The fourth-order valence-electron chi connectivity index (χ4n) is 4.74. The molecular formula is C28H30ClN3O5. The fourth-order valence-corrected chi connectivity index (χ4v) is 4.96. The van der Waals surface area contributed by atoms with Gasteiger partial charge in [0.1, 0.15) is 5.76 Å². The van der Waals surface area contributed by atoms with Gasteiger partial charge in [-0.05, 0) is 74.3 Å². The molecule has 2 amide bonds. The second kappa shape index (κ2) is 12.1. The molecule has 3 N–H and O–H groups in total. The molecule has 0 atom stereocenters. The molecule has 0 aliphatic heterocycles. The van der Waals surface area contributed by atoms with E-state index in [4.69, 9.17) is 21.1 Å². The summed E-state index contributed by atoms with van der Waals surface area (Å²) in [7, 11) is 0. The average Bonchev–Trinajstić information content (AvgIpc) is 3.26. The summed E-state index contributed by atoms with van der Waals surface area (Å²) >= 11 is 6.19. The van der Waals surface area contributed by atoms with Gasteiger partial charge < -0.3 is 20.2 Å². The molecule has 2 aromatic carbocycles. The van der Waals surface area contributed by atoms with Crippen molar-refractivity contribution < 1.29 is 23.9 Å². The van der Waals surface area contributed by atoms with Crippen LogP contribution in [0.4, 0.5) is 5.69 Å². The third kappa shape index (κ3) is 6.98. The lowest BCUT2D eigenvalue weighted by molar-refractivity contribution is -0.138. The molecule has 1 aliphatic rings. The molecule has 1 heterocycles. The highest BCUT2D eigenvalue weighted by atomic mass is 35.5. The van der Waals surface area contributed by atoms with Gasteiger partial charge in [-0.1, -0.05) is 35.9 Å². The molecule has 4 rings (SSSR count). The van der Waals surface area contributed by atoms with Gasteiger partial charge >= 0.3 is 5.97 Å². The Labute approximate surface area is 220 Å². The van der Waals surface area contributed by atoms with Gasteiger partial charge in [0, 0.05) is 25.1 Å². The Morgan fingerprint density at radius 2 is 1.76 bits per heavy atom. The van der Waals surface area contributed by atoms with Crippen molar-refractivity contribution in [3.8, 4) is 11.5 Å². The number of halogens is 1. The van der Waals surface area contributed by atoms with Crippen LogP contribution in [0.15, 0.2) is 52.9 Å². The number of carbonyl (C=O) groups excluding carboxylic acids is 2. The number of carbonyl (C=O) groups is 3. The van der Waals surface area contributed by atoms with Gasteiger partial charge in [-0.15, -0.1) is 0 Å². The molecule has 37 heavy (non-hydrogen) atoms. The van der Waals surface area contributed by atoms with Crippen LogP contribution < -0.4 is 10.6 Å². The van der Waals surface area contributed by atoms with E-state index in [-0.39, 0.29) is 42.8 Å². The Bertz CT molecular complexity index is 1260. The zero-order valence-electron chi connectivity index (χ0n) is 20.6. The van der Waals surface area contributed by atoms with E-state index in [2.05, 4.69) is 15.6 Å². The summed E-state index contributed by atoms with van der Waals surface area (Å²) in [6.45, 7) is 1.80. The summed E-state index contributed by atoms with van der Waals surface area (Å²) in [5.74, 6) is -0.0338. The standard InChI is InChI=1S/C28H30ClN3O5/c1-17-26(32-28(37-17)22-4-2-3-5-23(22)29)27(36)30-15-14-24(33)31-21-12-10-20(11-13-21)19-8-6-18(7-9-19)16-25(34)35/h2-5,10-13,18-19H,6-9,14-16H2,1H3,(H,30,36)(H,31,33)(H,34,35)/t18-,19-. The van der Waals surface area contributed by atoms with Crippen LogP contribution in [0.3, 0.4) is 0 Å². The van der Waals surface area contributed by atoms with Crippen molar-refractivity contribution in [3.05, 3.63) is 70.6 Å². The number of anilines is 1. The predicted molar refractivity (Wildman–Crippen MR) is 141 cm³/mol. The molecule has 1 fully saturated rings. The first-order chi connectivity index (χ1) is 17.8. The highest BCUT2D eigenvalue weighted by molar-refractivity contribution is 6.33. The monoisotopic (exact) mass is 523 g/mol. The number of amides is 2. The summed E-state index contributed by atoms with van der Waals surface area (Å²) in [4.78, 5) is 40.1. The number of aromatic nitrogens is 1. The maximum absolute atomic E-state index is 12.6. The van der Waals surface area contributed by atoms with E-state index in [1.807, 2.05) is 30.3 Å². The summed E-state index contributed by atoms with van der Waals surface area (Å²) in [6, 6.07) is 14.9. The highest BCUT2D eigenvalue weighted by Gasteiger charge is 2.24. The number of carboxylic acid groups (broad SMARTS) is 1. The number of aryl methyl sites for hydroxylation is 1. The summed E-state index contributed by atoms with van der Waals surface area (Å²) in [5.41, 5.74) is 2.65. The molecule has 1 aromatic heterocycles. The Kier molecular flexibility index (Phi) is 8.61. The Morgan fingerprint density at radius 1 is 1.05 bits per heavy atom. The summed E-state index contributed by atoms with van der Waals surface area (Å²) < 4.78 is 5.62. The number of rotatable bonds is 9. The number of nitrogens with one attached hydrogen (secondary N) is 2. The third-order valence-electron chi connectivity index (χ3n) is 6.73. The minimum absolute atomic E-state index is 0.106. The molecule has 8 nitrogen and oxygen atoms in total. The second-order valence-corrected chi connectivity index (χ2v) is 9.80. The zero-order chi connectivity index (χ0) is 26.4. The summed E-state index contributed by atoms with van der Waals surface area (Å²) in [6.07, 6.45) is 4.17. The minimum atomic E-state index is -0.723. The highest BCUT2D eigenvalue weighted by Crippen LogP contribution is 2.37. The Balaban J connectivity index is 1.23. The van der Waals surface area contributed by atoms with Crippen molar-refractivity contribution in [2.75, 3.05) is 11.9 Å². The van der Waals surface area contributed by atoms with Crippen LogP contribution in [-0.4, -0.2) is 34.4 Å². The molecule has 9 heteroatoms. The number of oxazole rings is 1. The van der Waals surface area contributed by atoms with E-state index in [1.54, 1.807) is 25.1 Å². The van der Waals surface area contributed by atoms with Crippen molar-refractivity contribution in [1.82, 2.24) is 10.3 Å². The van der Waals surface area contributed by atoms with Gasteiger partial charge in [0.15, 0.2) is 5.69 Å². The maximum Gasteiger partial charge on any atom is 0.303 e. The maximum atomic E-state index is 12.6. The van der Waals surface area contributed by atoms with Crippen LogP contribution in [-0.2, 0) is 9.59 Å². The molecule has 194 valence electrons.